The minimum atomic E-state index is -0.445. The SMILES string of the molecule is C[C@H]1CCCN(c2ccc([C@@H](C)NC(=O)/C=C/c3ccc([N+](=O)[O-])cc3)cc2)C1. The average Bonchev–Trinajstić information content (AvgIpc) is 2.72. The van der Waals surface area contributed by atoms with E-state index in [2.05, 4.69) is 41.4 Å². The van der Waals surface area contributed by atoms with Crippen molar-refractivity contribution in [3.63, 3.8) is 0 Å². The molecule has 1 fully saturated rings. The number of rotatable bonds is 6. The summed E-state index contributed by atoms with van der Waals surface area (Å²) in [6, 6.07) is 14.4. The molecule has 2 atom stereocenters. The van der Waals surface area contributed by atoms with Gasteiger partial charge in [-0.2, -0.15) is 0 Å². The Morgan fingerprint density at radius 2 is 1.90 bits per heavy atom. The number of anilines is 1. The molecule has 0 saturated carbocycles. The number of hydrogen-bond donors (Lipinski definition) is 1. The van der Waals surface area contributed by atoms with Crippen LogP contribution in [0, 0.1) is 16.0 Å². The van der Waals surface area contributed by atoms with Crippen LogP contribution >= 0.6 is 0 Å². The van der Waals surface area contributed by atoms with Gasteiger partial charge in [0.15, 0.2) is 0 Å². The van der Waals surface area contributed by atoms with E-state index < -0.39 is 4.92 Å². The van der Waals surface area contributed by atoms with E-state index >= 15 is 0 Å². The van der Waals surface area contributed by atoms with Crippen molar-refractivity contribution in [1.29, 1.82) is 0 Å². The summed E-state index contributed by atoms with van der Waals surface area (Å²) in [4.78, 5) is 24.9. The lowest BCUT2D eigenvalue weighted by molar-refractivity contribution is -0.384. The van der Waals surface area contributed by atoms with E-state index in [4.69, 9.17) is 0 Å². The third-order valence-corrected chi connectivity index (χ3v) is 5.31. The van der Waals surface area contributed by atoms with E-state index in [1.807, 2.05) is 6.92 Å². The molecule has 0 spiro atoms. The highest BCUT2D eigenvalue weighted by Crippen LogP contribution is 2.24. The Kier molecular flexibility index (Phi) is 6.65. The van der Waals surface area contributed by atoms with Gasteiger partial charge in [0, 0.05) is 37.0 Å². The summed E-state index contributed by atoms with van der Waals surface area (Å²) in [7, 11) is 0. The van der Waals surface area contributed by atoms with Gasteiger partial charge in [0.1, 0.15) is 0 Å². The molecular formula is C23H27N3O3. The van der Waals surface area contributed by atoms with Crippen molar-refractivity contribution < 1.29 is 9.72 Å². The number of nitrogens with one attached hydrogen (secondary N) is 1. The van der Waals surface area contributed by atoms with E-state index in [1.54, 1.807) is 18.2 Å². The van der Waals surface area contributed by atoms with Crippen LogP contribution in [-0.2, 0) is 4.79 Å². The second-order valence-electron chi connectivity index (χ2n) is 7.70. The number of amides is 1. The Morgan fingerprint density at radius 3 is 2.52 bits per heavy atom. The number of nitro benzene ring substituents is 1. The average molecular weight is 393 g/mol. The zero-order valence-corrected chi connectivity index (χ0v) is 16.9. The van der Waals surface area contributed by atoms with Crippen molar-refractivity contribution in [2.45, 2.75) is 32.7 Å². The summed E-state index contributed by atoms with van der Waals surface area (Å²) < 4.78 is 0. The molecule has 1 aliphatic rings. The predicted molar refractivity (Wildman–Crippen MR) is 116 cm³/mol. The molecule has 0 radical (unpaired) electrons. The molecule has 1 saturated heterocycles. The first kappa shape index (κ1) is 20.6. The maximum absolute atomic E-state index is 12.2. The molecule has 6 nitrogen and oxygen atoms in total. The fraction of sp³-hybridized carbons (Fsp3) is 0.348. The molecule has 1 heterocycles. The first-order chi connectivity index (χ1) is 13.9. The molecule has 1 aliphatic heterocycles. The summed E-state index contributed by atoms with van der Waals surface area (Å²) in [6.45, 7) is 6.44. The maximum Gasteiger partial charge on any atom is 0.269 e. The molecule has 0 unspecified atom stereocenters. The number of hydrogen-bond acceptors (Lipinski definition) is 4. The van der Waals surface area contributed by atoms with Crippen LogP contribution in [0.15, 0.2) is 54.6 Å². The molecule has 3 rings (SSSR count). The van der Waals surface area contributed by atoms with Gasteiger partial charge >= 0.3 is 0 Å². The van der Waals surface area contributed by atoms with E-state index in [0.717, 1.165) is 30.1 Å². The molecule has 0 aliphatic carbocycles. The molecule has 29 heavy (non-hydrogen) atoms. The number of nitro groups is 1. The fourth-order valence-corrected chi connectivity index (χ4v) is 3.62. The van der Waals surface area contributed by atoms with Crippen molar-refractivity contribution in [3.05, 3.63) is 75.8 Å². The Morgan fingerprint density at radius 1 is 1.21 bits per heavy atom. The summed E-state index contributed by atoms with van der Waals surface area (Å²) >= 11 is 0. The van der Waals surface area contributed by atoms with Crippen molar-refractivity contribution in [3.8, 4) is 0 Å². The van der Waals surface area contributed by atoms with Crippen LogP contribution in [0.3, 0.4) is 0 Å². The quantitative estimate of drug-likeness (QED) is 0.438. The summed E-state index contributed by atoms with van der Waals surface area (Å²) in [5.41, 5.74) is 3.05. The largest absolute Gasteiger partial charge is 0.371 e. The minimum absolute atomic E-state index is 0.0303. The molecular weight excluding hydrogens is 366 g/mol. The van der Waals surface area contributed by atoms with Crippen molar-refractivity contribution in [1.82, 2.24) is 5.32 Å². The van der Waals surface area contributed by atoms with Crippen molar-refractivity contribution >= 4 is 23.4 Å². The summed E-state index contributed by atoms with van der Waals surface area (Å²) in [5.74, 6) is 0.522. The summed E-state index contributed by atoms with van der Waals surface area (Å²) in [5, 5.41) is 13.6. The lowest BCUT2D eigenvalue weighted by Crippen LogP contribution is -2.34. The van der Waals surface area contributed by atoms with Gasteiger partial charge in [-0.15, -0.1) is 0 Å². The first-order valence-corrected chi connectivity index (χ1v) is 10.0. The molecule has 2 aromatic rings. The number of non-ortho nitro benzene ring substituents is 1. The van der Waals surface area contributed by atoms with Gasteiger partial charge in [-0.05, 0) is 67.2 Å². The van der Waals surface area contributed by atoms with Crippen molar-refractivity contribution in [2.75, 3.05) is 18.0 Å². The molecule has 6 heteroatoms. The van der Waals surface area contributed by atoms with Gasteiger partial charge in [-0.1, -0.05) is 19.1 Å². The van der Waals surface area contributed by atoms with Crippen LogP contribution in [0.25, 0.3) is 6.08 Å². The van der Waals surface area contributed by atoms with Gasteiger partial charge in [-0.3, -0.25) is 14.9 Å². The summed E-state index contributed by atoms with van der Waals surface area (Å²) in [6.07, 6.45) is 5.62. The molecule has 0 bridgehead atoms. The van der Waals surface area contributed by atoms with Gasteiger partial charge in [0.25, 0.3) is 5.69 Å². The Bertz CT molecular complexity index is 875. The second-order valence-corrected chi connectivity index (χ2v) is 7.70. The molecule has 2 aromatic carbocycles. The van der Waals surface area contributed by atoms with Crippen LogP contribution in [0.1, 0.15) is 43.9 Å². The number of carbonyl (C=O) groups is 1. The van der Waals surface area contributed by atoms with Gasteiger partial charge in [0.2, 0.25) is 5.91 Å². The normalized spacial score (nSPS) is 17.9. The smallest absolute Gasteiger partial charge is 0.269 e. The zero-order valence-electron chi connectivity index (χ0n) is 16.9. The lowest BCUT2D eigenvalue weighted by Gasteiger charge is -2.33. The number of piperidine rings is 1. The zero-order chi connectivity index (χ0) is 20.8. The van der Waals surface area contributed by atoms with Crippen LogP contribution in [-0.4, -0.2) is 23.9 Å². The third-order valence-electron chi connectivity index (χ3n) is 5.31. The van der Waals surface area contributed by atoms with Crippen molar-refractivity contribution in [2.24, 2.45) is 5.92 Å². The highest BCUT2D eigenvalue weighted by molar-refractivity contribution is 5.92. The Labute approximate surface area is 171 Å². The highest BCUT2D eigenvalue weighted by Gasteiger charge is 2.17. The van der Waals surface area contributed by atoms with Crippen LogP contribution in [0.5, 0.6) is 0 Å². The fourth-order valence-electron chi connectivity index (χ4n) is 3.62. The van der Waals surface area contributed by atoms with Crippen LogP contribution in [0.4, 0.5) is 11.4 Å². The first-order valence-electron chi connectivity index (χ1n) is 10.0. The van der Waals surface area contributed by atoms with E-state index in [0.29, 0.717) is 0 Å². The Balaban J connectivity index is 1.55. The third kappa shape index (κ3) is 5.67. The van der Waals surface area contributed by atoms with E-state index in [9.17, 15) is 14.9 Å². The molecule has 152 valence electrons. The second kappa shape index (κ2) is 9.37. The highest BCUT2D eigenvalue weighted by atomic mass is 16.6. The minimum Gasteiger partial charge on any atom is -0.371 e. The van der Waals surface area contributed by atoms with E-state index in [-0.39, 0.29) is 17.6 Å². The van der Waals surface area contributed by atoms with Crippen LogP contribution in [0.2, 0.25) is 0 Å². The van der Waals surface area contributed by atoms with Gasteiger partial charge in [-0.25, -0.2) is 0 Å². The van der Waals surface area contributed by atoms with E-state index in [1.165, 1.54) is 36.7 Å². The van der Waals surface area contributed by atoms with Crippen LogP contribution < -0.4 is 10.2 Å². The molecule has 1 amide bonds. The van der Waals surface area contributed by atoms with Gasteiger partial charge < -0.3 is 10.2 Å². The lowest BCUT2D eigenvalue weighted by atomic mass is 9.99. The van der Waals surface area contributed by atoms with Gasteiger partial charge in [0.05, 0.1) is 11.0 Å². The standard InChI is InChI=1S/C23H27N3O3/c1-17-4-3-15-25(16-17)21-12-8-20(9-13-21)18(2)24-23(27)14-7-19-5-10-22(11-6-19)26(28)29/h5-14,17-18H,3-4,15-16H2,1-2H3,(H,24,27)/b14-7+/t17-,18+/m0/s1. The monoisotopic (exact) mass is 393 g/mol. The topological polar surface area (TPSA) is 75.5 Å². The molecule has 0 aromatic heterocycles. The molecule has 1 N–H and O–H groups in total. The number of benzene rings is 2. The predicted octanol–water partition coefficient (Wildman–Crippen LogP) is 4.72. The number of nitrogens with zero attached hydrogens (tertiary/aromatic N) is 2. The number of carbonyl (C=O) groups excluding carboxylic acids is 1. The maximum atomic E-state index is 12.2. The Hall–Kier alpha value is -3.15.